The second-order valence-electron chi connectivity index (χ2n) is 3.65. The largest absolute Gasteiger partial charge is 0.495 e. The van der Waals surface area contributed by atoms with Crippen LogP contribution in [0.2, 0.25) is 5.02 Å². The van der Waals surface area contributed by atoms with E-state index in [2.05, 4.69) is 0 Å². The summed E-state index contributed by atoms with van der Waals surface area (Å²) in [6.07, 6.45) is -0.498. The molecule has 0 spiro atoms. The van der Waals surface area contributed by atoms with E-state index in [9.17, 15) is 9.90 Å². The number of carbonyl (C=O) groups excluding carboxylic acids is 1. The molecule has 0 radical (unpaired) electrons. The zero-order chi connectivity index (χ0) is 11.7. The number of ether oxygens (including phenoxy) is 1. The summed E-state index contributed by atoms with van der Waals surface area (Å²) in [6, 6.07) is 5.18. The minimum atomic E-state index is -0.631. The first-order valence-corrected chi connectivity index (χ1v) is 5.32. The quantitative estimate of drug-likeness (QED) is 0.853. The highest BCUT2D eigenvalue weighted by atomic mass is 35.5. The Morgan fingerprint density at radius 1 is 1.56 bits per heavy atom. The lowest BCUT2D eigenvalue weighted by molar-refractivity contribution is -0.117. The van der Waals surface area contributed by atoms with Gasteiger partial charge in [-0.15, -0.1) is 0 Å². The van der Waals surface area contributed by atoms with E-state index in [1.807, 2.05) is 0 Å². The van der Waals surface area contributed by atoms with Gasteiger partial charge in [-0.1, -0.05) is 17.7 Å². The average molecular weight is 242 g/mol. The molecule has 0 aliphatic carbocycles. The molecule has 1 saturated heterocycles. The predicted octanol–water partition coefficient (Wildman–Crippen LogP) is 1.45. The number of benzene rings is 1. The predicted molar refractivity (Wildman–Crippen MR) is 61.0 cm³/mol. The number of halogens is 1. The Hall–Kier alpha value is -1.26. The van der Waals surface area contributed by atoms with Crippen LogP contribution in [0.4, 0.5) is 5.69 Å². The molecule has 1 aliphatic heterocycles. The lowest BCUT2D eigenvalue weighted by Crippen LogP contribution is -2.26. The smallest absolute Gasteiger partial charge is 0.229 e. The zero-order valence-corrected chi connectivity index (χ0v) is 9.57. The second kappa shape index (κ2) is 4.31. The first kappa shape index (κ1) is 11.2. The average Bonchev–Trinajstić information content (AvgIpc) is 2.57. The molecule has 1 aromatic carbocycles. The highest BCUT2D eigenvalue weighted by Crippen LogP contribution is 2.37. The summed E-state index contributed by atoms with van der Waals surface area (Å²) in [7, 11) is 1.52. The van der Waals surface area contributed by atoms with Crippen LogP contribution < -0.4 is 9.64 Å². The van der Waals surface area contributed by atoms with Crippen LogP contribution in [0.5, 0.6) is 5.75 Å². The fourth-order valence-electron chi connectivity index (χ4n) is 1.83. The molecule has 1 fully saturated rings. The number of hydrogen-bond acceptors (Lipinski definition) is 3. The number of hydrogen-bond donors (Lipinski definition) is 1. The van der Waals surface area contributed by atoms with Crippen molar-refractivity contribution < 1.29 is 14.6 Å². The van der Waals surface area contributed by atoms with Crippen LogP contribution in [-0.2, 0) is 4.79 Å². The lowest BCUT2D eigenvalue weighted by atomic mass is 10.2. The normalized spacial score (nSPS) is 20.3. The standard InChI is InChI=1S/C11H12ClNO3/c1-16-9-4-2-3-8(12)11(9)13-6-7(14)5-10(13)15/h2-4,7,14H,5-6H2,1H3. The van der Waals surface area contributed by atoms with Gasteiger partial charge in [0.2, 0.25) is 5.91 Å². The SMILES string of the molecule is COc1cccc(Cl)c1N1CC(O)CC1=O. The van der Waals surface area contributed by atoms with Gasteiger partial charge in [0, 0.05) is 0 Å². The van der Waals surface area contributed by atoms with Gasteiger partial charge in [0.25, 0.3) is 0 Å². The van der Waals surface area contributed by atoms with Crippen molar-refractivity contribution in [3.05, 3.63) is 23.2 Å². The van der Waals surface area contributed by atoms with Gasteiger partial charge >= 0.3 is 0 Å². The van der Waals surface area contributed by atoms with Gasteiger partial charge in [-0.25, -0.2) is 0 Å². The molecule has 1 N–H and O–H groups in total. The van der Waals surface area contributed by atoms with Gasteiger partial charge in [0.1, 0.15) is 11.4 Å². The third-order valence-corrected chi connectivity index (χ3v) is 2.85. The molecular weight excluding hydrogens is 230 g/mol. The van der Waals surface area contributed by atoms with Crippen LogP contribution in [0, 0.1) is 0 Å². The Balaban J connectivity index is 2.43. The van der Waals surface area contributed by atoms with Crippen LogP contribution in [0.1, 0.15) is 6.42 Å². The molecule has 1 amide bonds. The van der Waals surface area contributed by atoms with Crippen molar-refractivity contribution in [2.45, 2.75) is 12.5 Å². The number of methoxy groups -OCH3 is 1. The van der Waals surface area contributed by atoms with Crippen LogP contribution in [0.25, 0.3) is 0 Å². The molecule has 1 aliphatic rings. The van der Waals surface area contributed by atoms with Crippen LogP contribution in [0.3, 0.4) is 0 Å². The number of aliphatic hydroxyl groups excluding tert-OH is 1. The third kappa shape index (κ3) is 1.86. The van der Waals surface area contributed by atoms with E-state index in [1.54, 1.807) is 18.2 Å². The number of carbonyl (C=O) groups is 1. The molecule has 0 aromatic heterocycles. The summed E-state index contributed by atoms with van der Waals surface area (Å²) in [6.45, 7) is 0.263. The van der Waals surface area contributed by atoms with Gasteiger partial charge in [-0.2, -0.15) is 0 Å². The zero-order valence-electron chi connectivity index (χ0n) is 8.81. The molecule has 1 aromatic rings. The molecule has 1 unspecified atom stereocenters. The van der Waals surface area contributed by atoms with E-state index in [0.717, 1.165) is 0 Å². The molecular formula is C11H12ClNO3. The summed E-state index contributed by atoms with van der Waals surface area (Å²) in [5.41, 5.74) is 0.535. The molecule has 1 heterocycles. The number of β-amino-alcohol motifs (C(OH)–C–C–N with tert-alkyl or cyclic N) is 1. The first-order valence-electron chi connectivity index (χ1n) is 4.94. The number of anilines is 1. The van der Waals surface area contributed by atoms with E-state index < -0.39 is 6.10 Å². The molecule has 86 valence electrons. The van der Waals surface area contributed by atoms with Gasteiger partial charge < -0.3 is 14.7 Å². The summed E-state index contributed by atoms with van der Waals surface area (Å²) in [4.78, 5) is 13.1. The molecule has 16 heavy (non-hydrogen) atoms. The summed E-state index contributed by atoms with van der Waals surface area (Å²) in [5.74, 6) is 0.397. The second-order valence-corrected chi connectivity index (χ2v) is 4.06. The molecule has 4 nitrogen and oxygen atoms in total. The van der Waals surface area contributed by atoms with Crippen molar-refractivity contribution in [2.75, 3.05) is 18.6 Å². The highest BCUT2D eigenvalue weighted by Gasteiger charge is 2.32. The Morgan fingerprint density at radius 2 is 2.31 bits per heavy atom. The summed E-state index contributed by atoms with van der Waals surface area (Å²) < 4.78 is 5.16. The minimum Gasteiger partial charge on any atom is -0.495 e. The monoisotopic (exact) mass is 241 g/mol. The van der Waals surface area contributed by atoms with E-state index in [1.165, 1.54) is 12.0 Å². The minimum absolute atomic E-state index is 0.133. The lowest BCUT2D eigenvalue weighted by Gasteiger charge is -2.20. The van der Waals surface area contributed by atoms with Gasteiger partial charge in [-0.05, 0) is 12.1 Å². The fraction of sp³-hybridized carbons (Fsp3) is 0.364. The van der Waals surface area contributed by atoms with Crippen molar-refractivity contribution in [1.29, 1.82) is 0 Å². The Labute approximate surface area is 98.4 Å². The Kier molecular flexibility index (Phi) is 3.03. The molecule has 2 rings (SSSR count). The summed E-state index contributed by atoms with van der Waals surface area (Å²) >= 11 is 6.05. The first-order chi connectivity index (χ1) is 7.63. The summed E-state index contributed by atoms with van der Waals surface area (Å²) in [5, 5.41) is 9.89. The topological polar surface area (TPSA) is 49.8 Å². The molecule has 0 saturated carbocycles. The van der Waals surface area contributed by atoms with Crippen molar-refractivity contribution in [2.24, 2.45) is 0 Å². The number of rotatable bonds is 2. The number of para-hydroxylation sites is 1. The van der Waals surface area contributed by atoms with Crippen molar-refractivity contribution in [1.82, 2.24) is 0 Å². The van der Waals surface area contributed by atoms with Crippen LogP contribution >= 0.6 is 11.6 Å². The maximum Gasteiger partial charge on any atom is 0.229 e. The van der Waals surface area contributed by atoms with Crippen molar-refractivity contribution >= 4 is 23.2 Å². The van der Waals surface area contributed by atoms with E-state index in [-0.39, 0.29) is 18.9 Å². The molecule has 0 bridgehead atoms. The van der Waals surface area contributed by atoms with E-state index in [4.69, 9.17) is 16.3 Å². The number of aliphatic hydroxyl groups is 1. The molecule has 5 heteroatoms. The number of amides is 1. The van der Waals surface area contributed by atoms with Crippen LogP contribution in [0.15, 0.2) is 18.2 Å². The van der Waals surface area contributed by atoms with Gasteiger partial charge in [0.15, 0.2) is 0 Å². The highest BCUT2D eigenvalue weighted by molar-refractivity contribution is 6.34. The maximum atomic E-state index is 11.7. The van der Waals surface area contributed by atoms with Gasteiger partial charge in [0.05, 0.1) is 31.2 Å². The molecule has 1 atom stereocenters. The van der Waals surface area contributed by atoms with E-state index in [0.29, 0.717) is 16.5 Å². The van der Waals surface area contributed by atoms with E-state index >= 15 is 0 Å². The van der Waals surface area contributed by atoms with Crippen molar-refractivity contribution in [3.8, 4) is 5.75 Å². The number of nitrogens with zero attached hydrogens (tertiary/aromatic N) is 1. The van der Waals surface area contributed by atoms with Gasteiger partial charge in [-0.3, -0.25) is 4.79 Å². The fourth-order valence-corrected chi connectivity index (χ4v) is 2.09. The third-order valence-electron chi connectivity index (χ3n) is 2.54. The van der Waals surface area contributed by atoms with Crippen LogP contribution in [-0.4, -0.2) is 30.8 Å². The Morgan fingerprint density at radius 3 is 2.88 bits per heavy atom. The maximum absolute atomic E-state index is 11.7. The van der Waals surface area contributed by atoms with Crippen molar-refractivity contribution in [3.63, 3.8) is 0 Å². The Bertz CT molecular complexity index is 422.